The Kier molecular flexibility index (Phi) is 9.35. The average molecular weight is 387 g/mol. The summed E-state index contributed by atoms with van der Waals surface area (Å²) in [7, 11) is 0. The van der Waals surface area contributed by atoms with Crippen LogP contribution in [0.1, 0.15) is 109 Å². The molecule has 0 aliphatic heterocycles. The molecule has 0 atom stereocenters. The lowest BCUT2D eigenvalue weighted by Crippen LogP contribution is -2.18. The Morgan fingerprint density at radius 1 is 0.643 bits per heavy atom. The molecule has 28 heavy (non-hydrogen) atoms. The van der Waals surface area contributed by atoms with Gasteiger partial charge in [-0.05, 0) is 54.2 Å². The molecule has 0 amide bonds. The van der Waals surface area contributed by atoms with Gasteiger partial charge in [0.25, 0.3) is 0 Å². The predicted octanol–water partition coefficient (Wildman–Crippen LogP) is 8.73. The monoisotopic (exact) mass is 386 g/mol. The zero-order valence-electron chi connectivity index (χ0n) is 18.3. The molecular formula is C27H43F. The smallest absolute Gasteiger partial charge is 0.123 e. The van der Waals surface area contributed by atoms with Gasteiger partial charge in [0.15, 0.2) is 0 Å². The molecule has 0 bridgehead atoms. The number of hydrogen-bond acceptors (Lipinski definition) is 0. The van der Waals surface area contributed by atoms with Crippen LogP contribution < -0.4 is 0 Å². The van der Waals surface area contributed by atoms with Crippen molar-refractivity contribution in [2.45, 2.75) is 110 Å². The molecule has 158 valence electrons. The fourth-order valence-corrected chi connectivity index (χ4v) is 5.79. The van der Waals surface area contributed by atoms with Crippen molar-refractivity contribution in [2.75, 3.05) is 0 Å². The number of rotatable bonds is 10. The van der Waals surface area contributed by atoms with Gasteiger partial charge in [-0.1, -0.05) is 109 Å². The van der Waals surface area contributed by atoms with E-state index in [1.54, 1.807) is 12.1 Å². The predicted molar refractivity (Wildman–Crippen MR) is 119 cm³/mol. The van der Waals surface area contributed by atoms with E-state index in [9.17, 15) is 4.39 Å². The zero-order chi connectivity index (χ0) is 19.6. The van der Waals surface area contributed by atoms with Gasteiger partial charge in [0.05, 0.1) is 0 Å². The molecule has 1 heteroatoms. The highest BCUT2D eigenvalue weighted by Crippen LogP contribution is 2.38. The van der Waals surface area contributed by atoms with Crippen LogP contribution >= 0.6 is 0 Å². The molecule has 2 saturated carbocycles. The summed E-state index contributed by atoms with van der Waals surface area (Å²) >= 11 is 0. The molecule has 0 saturated heterocycles. The molecule has 0 aromatic heterocycles. The Morgan fingerprint density at radius 3 is 1.61 bits per heavy atom. The highest BCUT2D eigenvalue weighted by Gasteiger charge is 2.24. The highest BCUT2D eigenvalue weighted by molar-refractivity contribution is 5.16. The topological polar surface area (TPSA) is 0 Å². The Morgan fingerprint density at radius 2 is 1.11 bits per heavy atom. The minimum Gasteiger partial charge on any atom is -0.207 e. The third-order valence-electron chi connectivity index (χ3n) is 7.89. The fourth-order valence-electron chi connectivity index (χ4n) is 5.79. The Hall–Kier alpha value is -0.850. The first-order valence-electron chi connectivity index (χ1n) is 12.5. The van der Waals surface area contributed by atoms with Crippen molar-refractivity contribution in [2.24, 2.45) is 23.7 Å². The van der Waals surface area contributed by atoms with Gasteiger partial charge in [-0.25, -0.2) is 4.39 Å². The van der Waals surface area contributed by atoms with Crippen LogP contribution in [0.4, 0.5) is 4.39 Å². The molecule has 1 aromatic rings. The number of hydrogen-bond donors (Lipinski definition) is 0. The van der Waals surface area contributed by atoms with E-state index in [0.717, 1.165) is 30.1 Å². The number of aryl methyl sites for hydroxylation is 1. The lowest BCUT2D eigenvalue weighted by atomic mass is 9.74. The lowest BCUT2D eigenvalue weighted by molar-refractivity contribution is 0.208. The molecule has 0 nitrogen and oxygen atoms in total. The van der Waals surface area contributed by atoms with Crippen LogP contribution in [0.25, 0.3) is 0 Å². The second kappa shape index (κ2) is 12.0. The average Bonchev–Trinajstić information content (AvgIpc) is 2.74. The van der Waals surface area contributed by atoms with E-state index < -0.39 is 0 Å². The number of halogens is 1. The third kappa shape index (κ3) is 7.53. The minimum atomic E-state index is -0.116. The van der Waals surface area contributed by atoms with E-state index in [0.29, 0.717) is 0 Å². The number of benzene rings is 1. The van der Waals surface area contributed by atoms with Gasteiger partial charge in [0, 0.05) is 0 Å². The third-order valence-corrected chi connectivity index (χ3v) is 7.89. The van der Waals surface area contributed by atoms with Gasteiger partial charge in [0.2, 0.25) is 0 Å². The molecule has 0 spiro atoms. The maximum absolute atomic E-state index is 13.0. The van der Waals surface area contributed by atoms with E-state index in [4.69, 9.17) is 0 Å². The van der Waals surface area contributed by atoms with Crippen LogP contribution in [-0.2, 0) is 6.42 Å². The van der Waals surface area contributed by atoms with Gasteiger partial charge in [-0.15, -0.1) is 0 Å². The van der Waals surface area contributed by atoms with Crippen LogP contribution in [0.15, 0.2) is 24.3 Å². The van der Waals surface area contributed by atoms with E-state index in [1.165, 1.54) is 102 Å². The molecule has 2 aliphatic rings. The molecule has 1 aromatic carbocycles. The normalized spacial score (nSPS) is 28.4. The van der Waals surface area contributed by atoms with Gasteiger partial charge in [-0.2, -0.15) is 0 Å². The fraction of sp³-hybridized carbons (Fsp3) is 0.778. The van der Waals surface area contributed by atoms with Gasteiger partial charge < -0.3 is 0 Å². The molecule has 0 heterocycles. The van der Waals surface area contributed by atoms with Crippen molar-refractivity contribution in [1.29, 1.82) is 0 Å². The minimum absolute atomic E-state index is 0.116. The summed E-state index contributed by atoms with van der Waals surface area (Å²) in [5, 5.41) is 0. The largest absolute Gasteiger partial charge is 0.207 e. The molecule has 0 N–H and O–H groups in total. The van der Waals surface area contributed by atoms with Crippen LogP contribution in [0.3, 0.4) is 0 Å². The van der Waals surface area contributed by atoms with Gasteiger partial charge in [-0.3, -0.25) is 0 Å². The van der Waals surface area contributed by atoms with Crippen molar-refractivity contribution < 1.29 is 4.39 Å². The first kappa shape index (κ1) is 21.8. The second-order valence-electron chi connectivity index (χ2n) is 10.0. The molecule has 0 unspecified atom stereocenters. The van der Waals surface area contributed by atoms with Crippen LogP contribution in [-0.4, -0.2) is 0 Å². The standard InChI is InChI=1S/C27H43F/c1-2-3-4-5-22-6-8-23(9-7-22)10-11-24-12-14-25(15-13-24)16-17-26-18-20-27(28)21-19-26/h18-25H,2-17H2,1H3/t22-,23-,24-,25-. The highest BCUT2D eigenvalue weighted by atomic mass is 19.1. The summed E-state index contributed by atoms with van der Waals surface area (Å²) in [6.45, 7) is 2.32. The zero-order valence-corrected chi connectivity index (χ0v) is 18.3. The van der Waals surface area contributed by atoms with E-state index in [-0.39, 0.29) is 5.82 Å². The first-order valence-corrected chi connectivity index (χ1v) is 12.5. The molecule has 2 fully saturated rings. The van der Waals surface area contributed by atoms with Crippen LogP contribution in [0.2, 0.25) is 0 Å². The Labute approximate surface area is 173 Å². The van der Waals surface area contributed by atoms with E-state index >= 15 is 0 Å². The quantitative estimate of drug-likeness (QED) is 0.353. The lowest BCUT2D eigenvalue weighted by Gasteiger charge is -2.32. The summed E-state index contributed by atoms with van der Waals surface area (Å²) in [6, 6.07) is 7.12. The van der Waals surface area contributed by atoms with Crippen molar-refractivity contribution >= 4 is 0 Å². The Bertz CT molecular complexity index is 518. The maximum Gasteiger partial charge on any atom is 0.123 e. The summed E-state index contributed by atoms with van der Waals surface area (Å²) in [4.78, 5) is 0. The van der Waals surface area contributed by atoms with Crippen LogP contribution in [0, 0.1) is 29.5 Å². The van der Waals surface area contributed by atoms with Crippen molar-refractivity contribution in [1.82, 2.24) is 0 Å². The second-order valence-corrected chi connectivity index (χ2v) is 10.0. The summed E-state index contributed by atoms with van der Waals surface area (Å²) in [6.07, 6.45) is 23.0. The van der Waals surface area contributed by atoms with Crippen molar-refractivity contribution in [3.63, 3.8) is 0 Å². The maximum atomic E-state index is 13.0. The van der Waals surface area contributed by atoms with Crippen molar-refractivity contribution in [3.05, 3.63) is 35.6 Å². The van der Waals surface area contributed by atoms with Gasteiger partial charge >= 0.3 is 0 Å². The Balaban J connectivity index is 1.24. The van der Waals surface area contributed by atoms with Gasteiger partial charge in [0.1, 0.15) is 5.82 Å². The molecule has 3 rings (SSSR count). The van der Waals surface area contributed by atoms with Crippen LogP contribution in [0.5, 0.6) is 0 Å². The molecular weight excluding hydrogens is 343 g/mol. The SMILES string of the molecule is CCCCC[C@H]1CC[C@H](CC[C@H]2CC[C@H](CCc3ccc(F)cc3)CC2)CC1. The summed E-state index contributed by atoms with van der Waals surface area (Å²) in [5.41, 5.74) is 1.30. The first-order chi connectivity index (χ1) is 13.7. The van der Waals surface area contributed by atoms with E-state index in [2.05, 4.69) is 6.92 Å². The molecule has 2 aliphatic carbocycles. The number of unbranched alkanes of at least 4 members (excludes halogenated alkanes) is 2. The summed E-state index contributed by atoms with van der Waals surface area (Å²) < 4.78 is 13.0. The van der Waals surface area contributed by atoms with E-state index in [1.807, 2.05) is 12.1 Å². The summed E-state index contributed by atoms with van der Waals surface area (Å²) in [5.74, 6) is 3.89. The van der Waals surface area contributed by atoms with Crippen molar-refractivity contribution in [3.8, 4) is 0 Å². The molecule has 0 radical (unpaired) electrons.